The Bertz CT molecular complexity index is 1090. The summed E-state index contributed by atoms with van der Waals surface area (Å²) in [5.41, 5.74) is 0. The largest absolute Gasteiger partial charge is 0.343 e. The van der Waals surface area contributed by atoms with E-state index in [-0.39, 0.29) is 98.1 Å². The first kappa shape index (κ1) is 85.9. The molecule has 0 bridgehead atoms. The summed E-state index contributed by atoms with van der Waals surface area (Å²) in [6, 6.07) is 0. The summed E-state index contributed by atoms with van der Waals surface area (Å²) >= 11 is 0. The van der Waals surface area contributed by atoms with E-state index in [2.05, 4.69) is 156 Å². The van der Waals surface area contributed by atoms with Crippen LogP contribution in [0, 0.1) is 58.3 Å². The molecule has 0 heterocycles. The van der Waals surface area contributed by atoms with Crippen LogP contribution < -0.4 is 0 Å². The van der Waals surface area contributed by atoms with Gasteiger partial charge < -0.3 is 13.8 Å². The maximum absolute atomic E-state index is 5.21. The Kier molecular flexibility index (Phi) is 119. The van der Waals surface area contributed by atoms with E-state index in [0.717, 1.165) is 62.7 Å². The van der Waals surface area contributed by atoms with Crippen LogP contribution in [0.5, 0.6) is 0 Å². The Labute approximate surface area is 494 Å². The van der Waals surface area contributed by atoms with Crippen molar-refractivity contribution in [3.8, 4) is 0 Å². The molecule has 0 nitrogen and oxygen atoms in total. The molecule has 0 aromatic carbocycles. The van der Waals surface area contributed by atoms with Gasteiger partial charge in [0.05, 0.1) is 0 Å². The molecule has 66 heavy (non-hydrogen) atoms. The summed E-state index contributed by atoms with van der Waals surface area (Å²) < 4.78 is 0. The molecule has 0 aliphatic heterocycles. The van der Waals surface area contributed by atoms with Gasteiger partial charge in [-0.3, -0.25) is 19.7 Å². The van der Waals surface area contributed by atoms with Crippen LogP contribution in [0.4, 0.5) is 0 Å². The second kappa shape index (κ2) is 91.4. The third-order valence-electron chi connectivity index (χ3n) is 8.74. The Morgan fingerprint density at radius 3 is 0.864 bits per heavy atom. The Morgan fingerprint density at radius 2 is 0.636 bits per heavy atom. The van der Waals surface area contributed by atoms with Crippen molar-refractivity contribution in [2.45, 2.75) is 216 Å². The van der Waals surface area contributed by atoms with Crippen molar-refractivity contribution in [1.82, 2.24) is 0 Å². The minimum atomic E-state index is 0. The number of hydrogen-bond acceptors (Lipinski definition) is 0. The van der Waals surface area contributed by atoms with Crippen LogP contribution >= 0.6 is 0 Å². The molecular weight excluding hydrogens is 1020 g/mol. The van der Waals surface area contributed by atoms with E-state index in [4.69, 9.17) is 19.7 Å². The first-order chi connectivity index (χ1) is 30.6. The van der Waals surface area contributed by atoms with Crippen LogP contribution in [0.15, 0.2) is 128 Å². The van der Waals surface area contributed by atoms with E-state index in [1.807, 2.05) is 36.5 Å². The summed E-state index contributed by atoms with van der Waals surface area (Å²) in [6.07, 6.45) is 71.8. The molecule has 0 aromatic heterocycles. The van der Waals surface area contributed by atoms with Gasteiger partial charge in [0, 0.05) is 98.1 Å². The molecule has 3 radical (unpaired) electrons. The minimum Gasteiger partial charge on any atom is -0.343 e. The SMILES string of the molecule is [CH-]=C/C=C\C/C=C\C/C=C\CCCC(C)C.[CH-]=C/C=C\C/C=C\C/C=C\CCCCC.[CH-]=C/C=C\C/C=C\CCCC(C)C.[CH2-]/C=C\CCCCC.[CH2-]CCC(C)C.[CH2-]CCCC.[Y].[Y].[Y]. The van der Waals surface area contributed by atoms with E-state index >= 15 is 0 Å². The van der Waals surface area contributed by atoms with Crippen molar-refractivity contribution >= 4 is 0 Å². The molecule has 3 heteroatoms. The number of unbranched alkanes of at least 4 members (excludes halogenated alkanes) is 10. The second-order valence-corrected chi connectivity index (χ2v) is 16.8. The molecule has 0 aliphatic carbocycles. The van der Waals surface area contributed by atoms with Gasteiger partial charge in [-0.1, -0.05) is 187 Å². The van der Waals surface area contributed by atoms with Gasteiger partial charge >= 0.3 is 0 Å². The summed E-state index contributed by atoms with van der Waals surface area (Å²) in [4.78, 5) is 0. The molecule has 0 amide bonds. The van der Waals surface area contributed by atoms with E-state index in [9.17, 15) is 0 Å². The van der Waals surface area contributed by atoms with Gasteiger partial charge in [0.25, 0.3) is 0 Å². The quantitative estimate of drug-likeness (QED) is 0.0266. The molecule has 0 fully saturated rings. The first-order valence-electron chi connectivity index (χ1n) is 25.4. The van der Waals surface area contributed by atoms with Gasteiger partial charge in [0.1, 0.15) is 0 Å². The zero-order valence-corrected chi connectivity index (χ0v) is 53.9. The predicted octanol–water partition coefficient (Wildman–Crippen LogP) is 21.8. The van der Waals surface area contributed by atoms with Crippen molar-refractivity contribution in [2.24, 2.45) is 17.8 Å². The van der Waals surface area contributed by atoms with Crippen molar-refractivity contribution in [2.75, 3.05) is 0 Å². The standard InChI is InChI=1S/C16H25.C15H23.C13H21.C8H15.C6H13.C5H11.3Y/c1-4-5-6-7-8-9-10-11-12-13-14-15-16(2)3;1-3-5-7-9-11-13-15-14-12-10-8-6-4-2;1-4-5-6-7-8-9-10-11-12-13(2)3;1-3-5-7-8-6-4-2;1-4-5-6(2)3;1-3-5-4-2;;;/h1,4-6,8-9,11-12,16H,7,10,13-15H2,2-3H3;1,3,5,7,11-14H,4,6,8-10,15H2,2H3;1,4-6,8-9,13H,7,10-12H2,2-3H3;3,5H,1,4,6-8H2,2H3;6H,1,4-5H2,2-3H3;1,3-5H2,2H3;;;/q6*-1;;;/b6-5-,9-8-,12-11-;7-5-,13-11-,14-12-;6-5-,9-8-;5-3-;;;;;. The molecular formula is C63H108Y3-6. The maximum Gasteiger partial charge on any atom is 0 e. The molecule has 375 valence electrons. The van der Waals surface area contributed by atoms with Crippen LogP contribution in [0.3, 0.4) is 0 Å². The average molecular weight is 1130 g/mol. The van der Waals surface area contributed by atoms with Gasteiger partial charge in [0.15, 0.2) is 0 Å². The van der Waals surface area contributed by atoms with Crippen LogP contribution in [-0.4, -0.2) is 0 Å². The van der Waals surface area contributed by atoms with Crippen molar-refractivity contribution in [3.05, 3.63) is 168 Å². The zero-order chi connectivity index (χ0) is 48.6. The molecule has 0 saturated carbocycles. The second-order valence-electron chi connectivity index (χ2n) is 16.8. The van der Waals surface area contributed by atoms with Crippen molar-refractivity contribution < 1.29 is 98.1 Å². The smallest absolute Gasteiger partial charge is 0 e. The monoisotopic (exact) mass is 1130 g/mol. The average Bonchev–Trinajstić information content (AvgIpc) is 3.26. The fourth-order valence-electron chi connectivity index (χ4n) is 4.98. The minimum absolute atomic E-state index is 0. The Morgan fingerprint density at radius 1 is 0.348 bits per heavy atom. The normalized spacial score (nSPS) is 10.9. The summed E-state index contributed by atoms with van der Waals surface area (Å²) in [5, 5.41) is 0. The van der Waals surface area contributed by atoms with Crippen molar-refractivity contribution in [3.63, 3.8) is 0 Å². The Balaban J connectivity index is -0.0000000872. The molecule has 0 saturated heterocycles. The Hall–Kier alpha value is 0.0617. The van der Waals surface area contributed by atoms with Crippen molar-refractivity contribution in [1.29, 1.82) is 0 Å². The van der Waals surface area contributed by atoms with Gasteiger partial charge in [-0.25, -0.2) is 55.5 Å². The third-order valence-corrected chi connectivity index (χ3v) is 8.74. The first-order valence-corrected chi connectivity index (χ1v) is 25.4. The van der Waals surface area contributed by atoms with Crippen LogP contribution in [0.25, 0.3) is 0 Å². The van der Waals surface area contributed by atoms with Gasteiger partial charge in [-0.15, -0.1) is 6.42 Å². The number of allylic oxidation sites excluding steroid dienone is 21. The molecule has 0 unspecified atom stereocenters. The van der Waals surface area contributed by atoms with E-state index in [1.165, 1.54) is 109 Å². The molecule has 0 spiro atoms. The number of hydrogen-bond donors (Lipinski definition) is 0. The molecule has 0 N–H and O–H groups in total. The van der Waals surface area contributed by atoms with Gasteiger partial charge in [0.2, 0.25) is 0 Å². The van der Waals surface area contributed by atoms with Crippen LogP contribution in [-0.2, 0) is 98.1 Å². The zero-order valence-electron chi connectivity index (χ0n) is 45.4. The molecule has 0 aliphatic rings. The predicted molar refractivity (Wildman–Crippen MR) is 297 cm³/mol. The van der Waals surface area contributed by atoms with E-state index in [1.54, 1.807) is 18.2 Å². The topological polar surface area (TPSA) is 0 Å². The molecule has 0 rings (SSSR count). The van der Waals surface area contributed by atoms with Crippen LogP contribution in [0.2, 0.25) is 0 Å². The summed E-state index contributed by atoms with van der Waals surface area (Å²) in [5.74, 6) is 2.50. The summed E-state index contributed by atoms with van der Waals surface area (Å²) in [7, 11) is 0. The van der Waals surface area contributed by atoms with E-state index in [0.29, 0.717) is 0 Å². The van der Waals surface area contributed by atoms with Gasteiger partial charge in [-0.05, 0) is 88.4 Å². The van der Waals surface area contributed by atoms with E-state index < -0.39 is 0 Å². The molecule has 0 atom stereocenters. The maximum atomic E-state index is 5.21. The number of rotatable bonds is 33. The fraction of sp³-hybridized carbons (Fsp3) is 0.571. The third kappa shape index (κ3) is 125. The van der Waals surface area contributed by atoms with Gasteiger partial charge in [-0.2, -0.15) is 31.1 Å². The van der Waals surface area contributed by atoms with Crippen LogP contribution in [0.1, 0.15) is 216 Å². The molecule has 0 aromatic rings. The summed E-state index contributed by atoms with van der Waals surface area (Å²) in [6.45, 7) is 46.7. The fourth-order valence-corrected chi connectivity index (χ4v) is 4.98.